The molecule has 220 valence electrons. The summed E-state index contributed by atoms with van der Waals surface area (Å²) in [6.45, 7) is 5.23. The number of rotatable bonds is 12. The fourth-order valence-electron chi connectivity index (χ4n) is 7.05. The molecule has 6 heteroatoms. The Morgan fingerprint density at radius 2 is 1.90 bits per heavy atom. The first-order valence-corrected chi connectivity index (χ1v) is 15.8. The minimum Gasteiger partial charge on any atom is -0.385 e. The minimum atomic E-state index is -1.10. The molecule has 40 heavy (non-hydrogen) atoms. The lowest BCUT2D eigenvalue weighted by Crippen LogP contribution is -2.50. The highest BCUT2D eigenvalue weighted by molar-refractivity contribution is 6.33. The van der Waals surface area contributed by atoms with E-state index >= 15 is 0 Å². The number of benzene rings is 2. The number of likely N-dealkylation sites (tertiary alicyclic amines) is 1. The number of methoxy groups -OCH3 is 1. The minimum absolute atomic E-state index is 0.0556. The van der Waals surface area contributed by atoms with Crippen molar-refractivity contribution in [2.24, 2.45) is 17.8 Å². The third-order valence-electron chi connectivity index (χ3n) is 9.36. The predicted octanol–water partition coefficient (Wildman–Crippen LogP) is 6.84. The van der Waals surface area contributed by atoms with Crippen LogP contribution < -0.4 is 5.32 Å². The van der Waals surface area contributed by atoms with Gasteiger partial charge in [-0.2, -0.15) is 0 Å². The summed E-state index contributed by atoms with van der Waals surface area (Å²) in [5.74, 6) is 1.02. The van der Waals surface area contributed by atoms with Gasteiger partial charge in [0, 0.05) is 49.2 Å². The Labute approximate surface area is 246 Å². The average molecular weight is 569 g/mol. The largest absolute Gasteiger partial charge is 0.385 e. The van der Waals surface area contributed by atoms with Crippen LogP contribution in [0.4, 0.5) is 0 Å². The van der Waals surface area contributed by atoms with Gasteiger partial charge in [0.25, 0.3) is 0 Å². The monoisotopic (exact) mass is 568 g/mol. The van der Waals surface area contributed by atoms with Crippen molar-refractivity contribution < 1.29 is 14.6 Å². The Kier molecular flexibility index (Phi) is 11.5. The van der Waals surface area contributed by atoms with Crippen LogP contribution in [0, 0.1) is 17.8 Å². The smallest absolute Gasteiger partial charge is 0.225 e. The van der Waals surface area contributed by atoms with Gasteiger partial charge in [-0.05, 0) is 106 Å². The first kappa shape index (κ1) is 31.0. The second kappa shape index (κ2) is 14.8. The molecular formula is C34H49ClN2O3. The number of piperidine rings is 1. The fourth-order valence-corrected chi connectivity index (χ4v) is 7.34. The normalized spacial score (nSPS) is 23.1. The van der Waals surface area contributed by atoms with E-state index < -0.39 is 5.60 Å². The lowest BCUT2D eigenvalue weighted by atomic mass is 9.71. The average Bonchev–Trinajstić information content (AvgIpc) is 2.99. The number of carbonyl (C=O) groups excluding carboxylic acids is 1. The zero-order valence-corrected chi connectivity index (χ0v) is 25.5. The molecular weight excluding hydrogens is 520 g/mol. The predicted molar refractivity (Wildman–Crippen MR) is 165 cm³/mol. The maximum Gasteiger partial charge on any atom is 0.225 e. The van der Waals surface area contributed by atoms with E-state index in [9.17, 15) is 9.90 Å². The van der Waals surface area contributed by atoms with Crippen molar-refractivity contribution in [1.29, 1.82) is 0 Å². The zero-order chi connectivity index (χ0) is 28.5. The van der Waals surface area contributed by atoms with E-state index in [0.29, 0.717) is 30.5 Å². The number of aliphatic hydroxyl groups is 1. The number of aryl methyl sites for hydroxylation is 1. The molecule has 2 aliphatic rings. The van der Waals surface area contributed by atoms with Crippen molar-refractivity contribution >= 4 is 17.5 Å². The molecule has 1 aliphatic heterocycles. The first-order chi connectivity index (χ1) is 19.4. The SMILES string of the molecule is CCc1cccc(-c2c(Cl)cccc2[C@](O)(CCCCOC)[C@@H]2CCCN(C(=O)[C@H]3CC[C@H](CNC)CC3)C2)c1. The van der Waals surface area contributed by atoms with Crippen molar-refractivity contribution in [3.05, 3.63) is 58.6 Å². The van der Waals surface area contributed by atoms with Crippen LogP contribution in [0.2, 0.25) is 5.02 Å². The van der Waals surface area contributed by atoms with Gasteiger partial charge < -0.3 is 20.1 Å². The van der Waals surface area contributed by atoms with Gasteiger partial charge in [0.05, 0.1) is 5.60 Å². The summed E-state index contributed by atoms with van der Waals surface area (Å²) in [5, 5.41) is 16.7. The number of nitrogens with one attached hydrogen (secondary N) is 1. The topological polar surface area (TPSA) is 61.8 Å². The second-order valence-corrected chi connectivity index (χ2v) is 12.4. The number of carbonyl (C=O) groups is 1. The van der Waals surface area contributed by atoms with Crippen LogP contribution in [0.3, 0.4) is 0 Å². The number of halogens is 1. The molecule has 1 aliphatic carbocycles. The molecule has 1 saturated heterocycles. The van der Waals surface area contributed by atoms with E-state index in [1.165, 1.54) is 5.56 Å². The molecule has 1 saturated carbocycles. The fraction of sp³-hybridized carbons (Fsp3) is 0.618. The molecule has 2 aromatic rings. The molecule has 0 aromatic heterocycles. The Bertz CT molecular complexity index is 1100. The number of amides is 1. The second-order valence-electron chi connectivity index (χ2n) is 12.0. The third kappa shape index (κ3) is 7.28. The molecule has 2 fully saturated rings. The lowest BCUT2D eigenvalue weighted by Gasteiger charge is -2.45. The summed E-state index contributed by atoms with van der Waals surface area (Å²) in [6, 6.07) is 14.4. The zero-order valence-electron chi connectivity index (χ0n) is 24.8. The van der Waals surface area contributed by atoms with Gasteiger partial charge in [-0.3, -0.25) is 4.79 Å². The standard InChI is InChI=1S/C34H49ClN2O3/c1-4-25-10-7-11-28(22-25)32-30(13-8-14-31(32)35)34(39,19-5-6-21-40-3)29-12-9-20-37(24-29)33(38)27-17-15-26(16-18-27)23-36-2/h7-8,10-11,13-14,22,26-27,29,36,39H,4-6,9,12,15-21,23-24H2,1-3H3/t26-,27-,29-,34+/m1/s1. The summed E-state index contributed by atoms with van der Waals surface area (Å²) < 4.78 is 5.32. The highest BCUT2D eigenvalue weighted by atomic mass is 35.5. The Morgan fingerprint density at radius 1 is 1.12 bits per heavy atom. The van der Waals surface area contributed by atoms with Crippen LogP contribution in [-0.2, 0) is 21.6 Å². The van der Waals surface area contributed by atoms with Gasteiger partial charge in [0.15, 0.2) is 0 Å². The molecule has 2 atom stereocenters. The third-order valence-corrected chi connectivity index (χ3v) is 9.67. The Morgan fingerprint density at radius 3 is 2.62 bits per heavy atom. The van der Waals surface area contributed by atoms with E-state index in [0.717, 1.165) is 87.6 Å². The molecule has 4 rings (SSSR count). The van der Waals surface area contributed by atoms with Crippen molar-refractivity contribution in [2.45, 2.75) is 76.7 Å². The molecule has 0 bridgehead atoms. The molecule has 0 unspecified atom stereocenters. The van der Waals surface area contributed by atoms with Gasteiger partial charge in [-0.25, -0.2) is 0 Å². The number of unbranched alkanes of at least 4 members (excludes halogenated alkanes) is 1. The van der Waals surface area contributed by atoms with Crippen molar-refractivity contribution in [2.75, 3.05) is 40.4 Å². The number of ether oxygens (including phenoxy) is 1. The van der Waals surface area contributed by atoms with Crippen LogP contribution in [0.5, 0.6) is 0 Å². The van der Waals surface area contributed by atoms with Gasteiger partial charge in [-0.15, -0.1) is 0 Å². The van der Waals surface area contributed by atoms with Crippen LogP contribution in [-0.4, -0.2) is 56.3 Å². The molecule has 5 nitrogen and oxygen atoms in total. The first-order valence-electron chi connectivity index (χ1n) is 15.4. The molecule has 0 radical (unpaired) electrons. The number of nitrogens with zero attached hydrogens (tertiary/aromatic N) is 1. The Balaban J connectivity index is 1.63. The molecule has 1 heterocycles. The maximum absolute atomic E-state index is 13.7. The van der Waals surface area contributed by atoms with E-state index in [1.54, 1.807) is 7.11 Å². The van der Waals surface area contributed by atoms with Crippen LogP contribution >= 0.6 is 11.6 Å². The van der Waals surface area contributed by atoms with Crippen molar-refractivity contribution in [1.82, 2.24) is 10.2 Å². The quantitative estimate of drug-likeness (QED) is 0.275. The number of hydrogen-bond acceptors (Lipinski definition) is 4. The summed E-state index contributed by atoms with van der Waals surface area (Å²) in [7, 11) is 3.73. The molecule has 2 aromatic carbocycles. The summed E-state index contributed by atoms with van der Waals surface area (Å²) in [4.78, 5) is 15.8. The van der Waals surface area contributed by atoms with Crippen LogP contribution in [0.15, 0.2) is 42.5 Å². The lowest BCUT2D eigenvalue weighted by molar-refractivity contribution is -0.142. The van der Waals surface area contributed by atoms with Gasteiger partial charge in [0.2, 0.25) is 5.91 Å². The highest BCUT2D eigenvalue weighted by Gasteiger charge is 2.43. The summed E-state index contributed by atoms with van der Waals surface area (Å²) in [6.07, 6.45) is 9.23. The summed E-state index contributed by atoms with van der Waals surface area (Å²) in [5.41, 5.74) is 2.99. The Hall–Kier alpha value is -1.92. The van der Waals surface area contributed by atoms with E-state index in [1.807, 2.05) is 19.2 Å². The van der Waals surface area contributed by atoms with Crippen LogP contribution in [0.25, 0.3) is 11.1 Å². The molecule has 2 N–H and O–H groups in total. The van der Waals surface area contributed by atoms with Gasteiger partial charge >= 0.3 is 0 Å². The van der Waals surface area contributed by atoms with Crippen molar-refractivity contribution in [3.63, 3.8) is 0 Å². The summed E-state index contributed by atoms with van der Waals surface area (Å²) >= 11 is 6.90. The highest BCUT2D eigenvalue weighted by Crippen LogP contribution is 2.46. The van der Waals surface area contributed by atoms with Crippen molar-refractivity contribution in [3.8, 4) is 11.1 Å². The van der Waals surface area contributed by atoms with E-state index in [2.05, 4.69) is 47.5 Å². The maximum atomic E-state index is 13.7. The van der Waals surface area contributed by atoms with E-state index in [4.69, 9.17) is 16.3 Å². The van der Waals surface area contributed by atoms with Crippen LogP contribution in [0.1, 0.15) is 75.8 Å². The van der Waals surface area contributed by atoms with Gasteiger partial charge in [-0.1, -0.05) is 54.9 Å². The van der Waals surface area contributed by atoms with Gasteiger partial charge in [0.1, 0.15) is 0 Å². The van der Waals surface area contributed by atoms with E-state index in [-0.39, 0.29) is 17.7 Å². The molecule has 0 spiro atoms. The number of hydrogen-bond donors (Lipinski definition) is 2. The molecule has 1 amide bonds.